The highest BCUT2D eigenvalue weighted by Gasteiger charge is 2.20. The number of aryl methyl sites for hydroxylation is 2. The molecular formula is C17H25NO2. The Hall–Kier alpha value is -1.35. The van der Waals surface area contributed by atoms with E-state index in [0.717, 1.165) is 26.1 Å². The number of nitrogens with zero attached hydrogens (tertiary/aromatic N) is 1. The van der Waals surface area contributed by atoms with Gasteiger partial charge in [-0.05, 0) is 62.3 Å². The van der Waals surface area contributed by atoms with Crippen molar-refractivity contribution >= 4 is 5.97 Å². The zero-order valence-corrected chi connectivity index (χ0v) is 12.6. The van der Waals surface area contributed by atoms with Crippen LogP contribution in [0.1, 0.15) is 42.4 Å². The fourth-order valence-corrected chi connectivity index (χ4v) is 3.02. The highest BCUT2D eigenvalue weighted by molar-refractivity contribution is 5.66. The summed E-state index contributed by atoms with van der Waals surface area (Å²) in [5, 5.41) is 8.79. The van der Waals surface area contributed by atoms with Crippen LogP contribution in [0.4, 0.5) is 0 Å². The third-order valence-electron chi connectivity index (χ3n) is 4.35. The van der Waals surface area contributed by atoms with E-state index in [1.807, 2.05) is 0 Å². The van der Waals surface area contributed by atoms with Gasteiger partial charge in [0.05, 0.1) is 0 Å². The molecule has 1 aliphatic heterocycles. The fraction of sp³-hybridized carbons (Fsp3) is 0.588. The summed E-state index contributed by atoms with van der Waals surface area (Å²) in [7, 11) is 0. The van der Waals surface area contributed by atoms with E-state index in [1.54, 1.807) is 0 Å². The minimum absolute atomic E-state index is 0.308. The SMILES string of the molecule is Cc1ccc(CN2CCCC(CCC(=O)O)C2)cc1C. The largest absolute Gasteiger partial charge is 0.481 e. The highest BCUT2D eigenvalue weighted by Crippen LogP contribution is 2.23. The van der Waals surface area contributed by atoms with E-state index in [-0.39, 0.29) is 0 Å². The third-order valence-corrected chi connectivity index (χ3v) is 4.35. The van der Waals surface area contributed by atoms with E-state index in [0.29, 0.717) is 12.3 Å². The van der Waals surface area contributed by atoms with Crippen molar-refractivity contribution in [3.05, 3.63) is 34.9 Å². The number of carboxylic acid groups (broad SMARTS) is 1. The maximum atomic E-state index is 10.7. The summed E-state index contributed by atoms with van der Waals surface area (Å²) in [4.78, 5) is 13.1. The number of likely N-dealkylation sites (tertiary alicyclic amines) is 1. The smallest absolute Gasteiger partial charge is 0.303 e. The van der Waals surface area contributed by atoms with Crippen LogP contribution >= 0.6 is 0 Å². The molecule has 1 heterocycles. The molecule has 1 aromatic carbocycles. The molecule has 1 aromatic rings. The Morgan fingerprint density at radius 3 is 2.85 bits per heavy atom. The number of hydrogen-bond acceptors (Lipinski definition) is 2. The van der Waals surface area contributed by atoms with Crippen LogP contribution in [0.25, 0.3) is 0 Å². The van der Waals surface area contributed by atoms with E-state index in [9.17, 15) is 4.79 Å². The van der Waals surface area contributed by atoms with Gasteiger partial charge in [0.25, 0.3) is 0 Å². The van der Waals surface area contributed by atoms with Gasteiger partial charge in [0.2, 0.25) is 0 Å². The molecule has 3 nitrogen and oxygen atoms in total. The maximum absolute atomic E-state index is 10.7. The summed E-state index contributed by atoms with van der Waals surface area (Å²) in [6.45, 7) is 7.47. The van der Waals surface area contributed by atoms with Crippen molar-refractivity contribution in [1.82, 2.24) is 4.90 Å². The molecule has 20 heavy (non-hydrogen) atoms. The van der Waals surface area contributed by atoms with Gasteiger partial charge in [-0.3, -0.25) is 9.69 Å². The topological polar surface area (TPSA) is 40.5 Å². The second-order valence-electron chi connectivity index (χ2n) is 6.09. The van der Waals surface area contributed by atoms with Gasteiger partial charge in [-0.15, -0.1) is 0 Å². The van der Waals surface area contributed by atoms with E-state index in [1.165, 1.54) is 29.5 Å². The average molecular weight is 275 g/mol. The maximum Gasteiger partial charge on any atom is 0.303 e. The molecule has 0 amide bonds. The first-order valence-electron chi connectivity index (χ1n) is 7.55. The summed E-state index contributed by atoms with van der Waals surface area (Å²) in [6.07, 6.45) is 3.49. The Kier molecular flexibility index (Phi) is 5.18. The second kappa shape index (κ2) is 6.89. The third kappa shape index (κ3) is 4.34. The van der Waals surface area contributed by atoms with Crippen LogP contribution < -0.4 is 0 Å². The zero-order chi connectivity index (χ0) is 14.5. The molecule has 0 radical (unpaired) electrons. The molecule has 1 N–H and O–H groups in total. The van der Waals surface area contributed by atoms with Crippen molar-refractivity contribution in [3.8, 4) is 0 Å². The van der Waals surface area contributed by atoms with Crippen molar-refractivity contribution in [1.29, 1.82) is 0 Å². The second-order valence-corrected chi connectivity index (χ2v) is 6.09. The predicted molar refractivity (Wildman–Crippen MR) is 80.8 cm³/mol. The van der Waals surface area contributed by atoms with E-state index >= 15 is 0 Å². The molecule has 1 aliphatic rings. The number of benzene rings is 1. The van der Waals surface area contributed by atoms with Crippen LogP contribution in [0.15, 0.2) is 18.2 Å². The monoisotopic (exact) mass is 275 g/mol. The van der Waals surface area contributed by atoms with Crippen molar-refractivity contribution < 1.29 is 9.90 Å². The number of rotatable bonds is 5. The van der Waals surface area contributed by atoms with Gasteiger partial charge < -0.3 is 5.11 Å². The Morgan fingerprint density at radius 1 is 1.35 bits per heavy atom. The first kappa shape index (κ1) is 15.0. The van der Waals surface area contributed by atoms with Crippen LogP contribution in [-0.2, 0) is 11.3 Å². The molecule has 1 atom stereocenters. The number of aliphatic carboxylic acids is 1. The molecule has 1 saturated heterocycles. The van der Waals surface area contributed by atoms with Gasteiger partial charge in [-0.25, -0.2) is 0 Å². The standard InChI is InChI=1S/C17H25NO2/c1-13-5-6-16(10-14(13)2)12-18-9-3-4-15(11-18)7-8-17(19)20/h5-6,10,15H,3-4,7-9,11-12H2,1-2H3,(H,19,20). The Morgan fingerprint density at radius 2 is 2.15 bits per heavy atom. The Balaban J connectivity index is 1.88. The van der Waals surface area contributed by atoms with Crippen molar-refractivity contribution in [2.75, 3.05) is 13.1 Å². The van der Waals surface area contributed by atoms with Gasteiger partial charge in [0.1, 0.15) is 0 Å². The van der Waals surface area contributed by atoms with Crippen molar-refractivity contribution in [3.63, 3.8) is 0 Å². The lowest BCUT2D eigenvalue weighted by molar-refractivity contribution is -0.137. The van der Waals surface area contributed by atoms with Crippen LogP contribution in [0.2, 0.25) is 0 Å². The quantitative estimate of drug-likeness (QED) is 0.895. The summed E-state index contributed by atoms with van der Waals surface area (Å²) >= 11 is 0. The van der Waals surface area contributed by atoms with E-state index in [4.69, 9.17) is 5.11 Å². The van der Waals surface area contributed by atoms with Crippen molar-refractivity contribution in [2.45, 2.75) is 46.1 Å². The molecule has 1 unspecified atom stereocenters. The average Bonchev–Trinajstić information content (AvgIpc) is 2.41. The number of carbonyl (C=O) groups is 1. The van der Waals surface area contributed by atoms with E-state index in [2.05, 4.69) is 36.9 Å². The molecule has 3 heteroatoms. The fourth-order valence-electron chi connectivity index (χ4n) is 3.02. The van der Waals surface area contributed by atoms with Gasteiger partial charge in [-0.1, -0.05) is 18.2 Å². The molecule has 2 rings (SSSR count). The molecule has 0 aromatic heterocycles. The molecule has 0 saturated carbocycles. The minimum Gasteiger partial charge on any atom is -0.481 e. The minimum atomic E-state index is -0.670. The molecule has 0 spiro atoms. The summed E-state index contributed by atoms with van der Waals surface area (Å²) in [5.41, 5.74) is 4.06. The zero-order valence-electron chi connectivity index (χ0n) is 12.6. The molecule has 1 fully saturated rings. The van der Waals surface area contributed by atoms with Gasteiger partial charge in [0.15, 0.2) is 0 Å². The van der Waals surface area contributed by atoms with Crippen LogP contribution in [0.5, 0.6) is 0 Å². The first-order valence-corrected chi connectivity index (χ1v) is 7.55. The van der Waals surface area contributed by atoms with Crippen LogP contribution in [-0.4, -0.2) is 29.1 Å². The van der Waals surface area contributed by atoms with Gasteiger partial charge >= 0.3 is 5.97 Å². The Bertz CT molecular complexity index is 470. The normalized spacial score (nSPS) is 20.0. The number of piperidine rings is 1. The highest BCUT2D eigenvalue weighted by atomic mass is 16.4. The predicted octanol–water partition coefficient (Wildman–Crippen LogP) is 3.38. The van der Waals surface area contributed by atoms with Crippen LogP contribution in [0, 0.1) is 19.8 Å². The molecule has 110 valence electrons. The lowest BCUT2D eigenvalue weighted by atomic mass is 9.93. The summed E-state index contributed by atoms with van der Waals surface area (Å²) < 4.78 is 0. The van der Waals surface area contributed by atoms with Crippen LogP contribution in [0.3, 0.4) is 0 Å². The first-order chi connectivity index (χ1) is 9.54. The molecule has 0 bridgehead atoms. The lowest BCUT2D eigenvalue weighted by Crippen LogP contribution is -2.35. The van der Waals surface area contributed by atoms with Gasteiger partial charge in [0, 0.05) is 19.5 Å². The van der Waals surface area contributed by atoms with Crippen molar-refractivity contribution in [2.24, 2.45) is 5.92 Å². The summed E-state index contributed by atoms with van der Waals surface area (Å²) in [6, 6.07) is 6.68. The van der Waals surface area contributed by atoms with Gasteiger partial charge in [-0.2, -0.15) is 0 Å². The summed E-state index contributed by atoms with van der Waals surface area (Å²) in [5.74, 6) is -0.123. The number of hydrogen-bond donors (Lipinski definition) is 1. The lowest BCUT2D eigenvalue weighted by Gasteiger charge is -2.32. The Labute approximate surface area is 121 Å². The number of carboxylic acids is 1. The molecular weight excluding hydrogens is 250 g/mol. The van der Waals surface area contributed by atoms with E-state index < -0.39 is 5.97 Å². The molecule has 0 aliphatic carbocycles.